The van der Waals surface area contributed by atoms with E-state index in [0.717, 1.165) is 11.0 Å². The van der Waals surface area contributed by atoms with Crippen LogP contribution in [0.4, 0.5) is 5.69 Å². The van der Waals surface area contributed by atoms with E-state index in [1.165, 1.54) is 0 Å². The standard InChI is InChI=1S/C14H22BrN3O2/c1-10(2)13(9-17(3)4)16-8-11-5-6-12(15)7-14(11)18(19)20/h5-7,10,13,16H,8-9H2,1-4H3. The quantitative estimate of drug-likeness (QED) is 0.610. The molecule has 1 unspecified atom stereocenters. The topological polar surface area (TPSA) is 58.4 Å². The van der Waals surface area contributed by atoms with Crippen molar-refractivity contribution >= 4 is 21.6 Å². The molecule has 0 heterocycles. The maximum absolute atomic E-state index is 11.1. The zero-order valence-electron chi connectivity index (χ0n) is 12.4. The summed E-state index contributed by atoms with van der Waals surface area (Å²) in [5.41, 5.74) is 0.863. The highest BCUT2D eigenvalue weighted by molar-refractivity contribution is 9.10. The summed E-state index contributed by atoms with van der Waals surface area (Å²) < 4.78 is 0.724. The number of nitrogens with one attached hydrogen (secondary N) is 1. The predicted molar refractivity (Wildman–Crippen MR) is 84.8 cm³/mol. The molecule has 1 rings (SSSR count). The molecule has 0 saturated carbocycles. The number of nitrogens with zero attached hydrogens (tertiary/aromatic N) is 2. The SMILES string of the molecule is CC(C)C(CN(C)C)NCc1ccc(Br)cc1[N+](=O)[O-]. The number of nitro groups is 1. The summed E-state index contributed by atoms with van der Waals surface area (Å²) in [5.74, 6) is 0.465. The van der Waals surface area contributed by atoms with Crippen molar-refractivity contribution in [2.24, 2.45) is 5.92 Å². The van der Waals surface area contributed by atoms with E-state index >= 15 is 0 Å². The zero-order chi connectivity index (χ0) is 15.3. The van der Waals surface area contributed by atoms with Gasteiger partial charge in [0.25, 0.3) is 5.69 Å². The third kappa shape index (κ3) is 5.19. The van der Waals surface area contributed by atoms with Crippen LogP contribution in [-0.2, 0) is 6.54 Å². The fourth-order valence-electron chi connectivity index (χ4n) is 2.00. The van der Waals surface area contributed by atoms with Crippen molar-refractivity contribution in [1.82, 2.24) is 10.2 Å². The van der Waals surface area contributed by atoms with Crippen LogP contribution in [0.1, 0.15) is 19.4 Å². The zero-order valence-corrected chi connectivity index (χ0v) is 14.0. The second-order valence-electron chi connectivity index (χ2n) is 5.52. The molecule has 6 heteroatoms. The van der Waals surface area contributed by atoms with Crippen molar-refractivity contribution in [2.45, 2.75) is 26.4 Å². The molecular formula is C14H22BrN3O2. The maximum atomic E-state index is 11.1. The van der Waals surface area contributed by atoms with Gasteiger partial charge < -0.3 is 10.2 Å². The van der Waals surface area contributed by atoms with Gasteiger partial charge in [0, 0.05) is 35.2 Å². The minimum Gasteiger partial charge on any atom is -0.308 e. The molecule has 1 N–H and O–H groups in total. The number of rotatable bonds is 7. The van der Waals surface area contributed by atoms with Gasteiger partial charge in [-0.15, -0.1) is 0 Å². The molecule has 1 aromatic rings. The Bertz CT molecular complexity index is 464. The van der Waals surface area contributed by atoms with Gasteiger partial charge >= 0.3 is 0 Å². The minimum absolute atomic E-state index is 0.152. The van der Waals surface area contributed by atoms with E-state index in [4.69, 9.17) is 0 Å². The Kier molecular flexibility index (Phi) is 6.58. The van der Waals surface area contributed by atoms with Crippen LogP contribution in [0.15, 0.2) is 22.7 Å². The maximum Gasteiger partial charge on any atom is 0.275 e. The molecule has 0 aliphatic rings. The van der Waals surface area contributed by atoms with E-state index < -0.39 is 0 Å². The number of likely N-dealkylation sites (N-methyl/N-ethyl adjacent to an activating group) is 1. The van der Waals surface area contributed by atoms with Crippen LogP contribution in [0.3, 0.4) is 0 Å². The van der Waals surface area contributed by atoms with Gasteiger partial charge in [0.1, 0.15) is 0 Å². The van der Waals surface area contributed by atoms with Crippen molar-refractivity contribution in [3.05, 3.63) is 38.3 Å². The molecule has 0 spiro atoms. The molecule has 0 aromatic heterocycles. The number of hydrogen-bond donors (Lipinski definition) is 1. The van der Waals surface area contributed by atoms with Gasteiger partial charge in [-0.05, 0) is 32.1 Å². The second-order valence-corrected chi connectivity index (χ2v) is 6.44. The second kappa shape index (κ2) is 7.71. The van der Waals surface area contributed by atoms with E-state index in [1.54, 1.807) is 12.1 Å². The lowest BCUT2D eigenvalue weighted by atomic mass is 10.0. The van der Waals surface area contributed by atoms with Gasteiger partial charge in [-0.2, -0.15) is 0 Å². The van der Waals surface area contributed by atoms with Gasteiger partial charge in [0.2, 0.25) is 0 Å². The highest BCUT2D eigenvalue weighted by atomic mass is 79.9. The van der Waals surface area contributed by atoms with Crippen molar-refractivity contribution in [1.29, 1.82) is 0 Å². The Hall–Kier alpha value is -0.980. The van der Waals surface area contributed by atoms with Crippen molar-refractivity contribution < 1.29 is 4.92 Å². The van der Waals surface area contributed by atoms with E-state index in [1.807, 2.05) is 20.2 Å². The van der Waals surface area contributed by atoms with Gasteiger partial charge in [0.05, 0.1) is 4.92 Å². The molecule has 0 aliphatic heterocycles. The molecule has 0 amide bonds. The molecule has 1 atom stereocenters. The van der Waals surface area contributed by atoms with Crippen molar-refractivity contribution in [2.75, 3.05) is 20.6 Å². The molecular weight excluding hydrogens is 322 g/mol. The molecule has 0 aliphatic carbocycles. The summed E-state index contributed by atoms with van der Waals surface area (Å²) in [6, 6.07) is 5.48. The molecule has 1 aromatic carbocycles. The summed E-state index contributed by atoms with van der Waals surface area (Å²) in [7, 11) is 4.05. The third-order valence-electron chi connectivity index (χ3n) is 3.17. The number of hydrogen-bond acceptors (Lipinski definition) is 4. The van der Waals surface area contributed by atoms with Crippen molar-refractivity contribution in [3.8, 4) is 0 Å². The summed E-state index contributed by atoms with van der Waals surface area (Å²) in [4.78, 5) is 12.9. The van der Waals surface area contributed by atoms with Crippen LogP contribution >= 0.6 is 15.9 Å². The Morgan fingerprint density at radius 3 is 2.55 bits per heavy atom. The number of halogens is 1. The van der Waals surface area contributed by atoms with Gasteiger partial charge in [-0.3, -0.25) is 10.1 Å². The first-order chi connectivity index (χ1) is 9.31. The third-order valence-corrected chi connectivity index (χ3v) is 3.66. The van der Waals surface area contributed by atoms with Crippen LogP contribution in [0.5, 0.6) is 0 Å². The fourth-order valence-corrected chi connectivity index (χ4v) is 2.35. The fraction of sp³-hybridized carbons (Fsp3) is 0.571. The summed E-state index contributed by atoms with van der Waals surface area (Å²) in [6.07, 6.45) is 0. The Morgan fingerprint density at radius 2 is 2.05 bits per heavy atom. The van der Waals surface area contributed by atoms with Crippen LogP contribution in [-0.4, -0.2) is 36.5 Å². The van der Waals surface area contributed by atoms with E-state index in [2.05, 4.69) is 40.0 Å². The highest BCUT2D eigenvalue weighted by Crippen LogP contribution is 2.23. The number of benzene rings is 1. The minimum atomic E-state index is -0.335. The first kappa shape index (κ1) is 17.1. The summed E-state index contributed by atoms with van der Waals surface area (Å²) >= 11 is 3.27. The van der Waals surface area contributed by atoms with E-state index in [0.29, 0.717) is 24.1 Å². The molecule has 5 nitrogen and oxygen atoms in total. The first-order valence-electron chi connectivity index (χ1n) is 6.62. The summed E-state index contributed by atoms with van der Waals surface area (Å²) in [6.45, 7) is 5.70. The van der Waals surface area contributed by atoms with Crippen LogP contribution in [0.2, 0.25) is 0 Å². The molecule has 0 radical (unpaired) electrons. The first-order valence-corrected chi connectivity index (χ1v) is 7.41. The monoisotopic (exact) mass is 343 g/mol. The molecule has 0 bridgehead atoms. The largest absolute Gasteiger partial charge is 0.308 e. The number of nitro benzene ring substituents is 1. The van der Waals surface area contributed by atoms with Crippen LogP contribution < -0.4 is 5.32 Å². The smallest absolute Gasteiger partial charge is 0.275 e. The summed E-state index contributed by atoms with van der Waals surface area (Å²) in [5, 5.41) is 14.5. The average molecular weight is 344 g/mol. The lowest BCUT2D eigenvalue weighted by Crippen LogP contribution is -2.41. The normalized spacial score (nSPS) is 12.9. The molecule has 0 saturated heterocycles. The van der Waals surface area contributed by atoms with E-state index in [-0.39, 0.29) is 10.6 Å². The predicted octanol–water partition coefficient (Wildman–Crippen LogP) is 3.03. The average Bonchev–Trinajstić information content (AvgIpc) is 2.34. The Balaban J connectivity index is 2.80. The van der Waals surface area contributed by atoms with Crippen molar-refractivity contribution in [3.63, 3.8) is 0 Å². The molecule has 112 valence electrons. The Labute approximate surface area is 128 Å². The lowest BCUT2D eigenvalue weighted by Gasteiger charge is -2.25. The van der Waals surface area contributed by atoms with Gasteiger partial charge in [-0.1, -0.05) is 29.8 Å². The lowest BCUT2D eigenvalue weighted by molar-refractivity contribution is -0.385. The van der Waals surface area contributed by atoms with Gasteiger partial charge in [-0.25, -0.2) is 0 Å². The molecule has 20 heavy (non-hydrogen) atoms. The van der Waals surface area contributed by atoms with Crippen LogP contribution in [0, 0.1) is 16.0 Å². The van der Waals surface area contributed by atoms with Gasteiger partial charge in [0.15, 0.2) is 0 Å². The van der Waals surface area contributed by atoms with E-state index in [9.17, 15) is 10.1 Å². The highest BCUT2D eigenvalue weighted by Gasteiger charge is 2.18. The molecule has 0 fully saturated rings. The Morgan fingerprint density at radius 1 is 1.40 bits per heavy atom. The van der Waals surface area contributed by atoms with Crippen LogP contribution in [0.25, 0.3) is 0 Å².